The summed E-state index contributed by atoms with van der Waals surface area (Å²) in [5.74, 6) is -0.115. The Morgan fingerprint density at radius 3 is 2.63 bits per heavy atom. The number of phenolic OH excluding ortho intramolecular Hbond substituents is 1. The van der Waals surface area contributed by atoms with Crippen LogP contribution in [-0.4, -0.2) is 44.6 Å². The Morgan fingerprint density at radius 1 is 1.32 bits per heavy atom. The van der Waals surface area contributed by atoms with Gasteiger partial charge in [-0.15, -0.1) is 0 Å². The van der Waals surface area contributed by atoms with E-state index < -0.39 is 10.0 Å². The lowest BCUT2D eigenvalue weighted by Gasteiger charge is -2.15. The van der Waals surface area contributed by atoms with E-state index in [1.54, 1.807) is 0 Å². The van der Waals surface area contributed by atoms with E-state index in [9.17, 15) is 13.5 Å². The smallest absolute Gasteiger partial charge is 0.240 e. The number of hydrogen-bond donors (Lipinski definition) is 3. The Kier molecular flexibility index (Phi) is 4.28. The molecule has 1 aromatic carbocycles. The maximum Gasteiger partial charge on any atom is 0.240 e. The second-order valence-corrected chi connectivity index (χ2v) is 6.43. The summed E-state index contributed by atoms with van der Waals surface area (Å²) < 4.78 is 26.5. The van der Waals surface area contributed by atoms with Crippen molar-refractivity contribution in [2.45, 2.75) is 17.7 Å². The molecule has 1 saturated heterocycles. The zero-order valence-corrected chi connectivity index (χ0v) is 11.5. The minimum Gasteiger partial charge on any atom is -0.506 e. The van der Waals surface area contributed by atoms with Gasteiger partial charge in [0, 0.05) is 13.1 Å². The van der Waals surface area contributed by atoms with Gasteiger partial charge in [-0.2, -0.15) is 0 Å². The van der Waals surface area contributed by atoms with Gasteiger partial charge in [0.05, 0.1) is 10.6 Å². The Labute approximate surface area is 113 Å². The number of nitrogen functional groups attached to an aromatic ring is 1. The van der Waals surface area contributed by atoms with E-state index in [1.165, 1.54) is 31.0 Å². The molecule has 2 rings (SSSR count). The van der Waals surface area contributed by atoms with Gasteiger partial charge in [-0.25, -0.2) is 13.1 Å². The highest BCUT2D eigenvalue weighted by Gasteiger charge is 2.16. The lowest BCUT2D eigenvalue weighted by molar-refractivity contribution is 0.344. The van der Waals surface area contributed by atoms with Gasteiger partial charge < -0.3 is 15.7 Å². The van der Waals surface area contributed by atoms with Crippen molar-refractivity contribution in [3.05, 3.63) is 18.2 Å². The molecule has 0 atom stereocenters. The number of benzene rings is 1. The first-order valence-electron chi connectivity index (χ1n) is 6.29. The van der Waals surface area contributed by atoms with Crippen LogP contribution in [0.3, 0.4) is 0 Å². The summed E-state index contributed by atoms with van der Waals surface area (Å²) in [4.78, 5) is 2.30. The van der Waals surface area contributed by atoms with Crippen LogP contribution in [0.15, 0.2) is 23.1 Å². The number of nitrogens with zero attached hydrogens (tertiary/aromatic N) is 1. The van der Waals surface area contributed by atoms with Gasteiger partial charge >= 0.3 is 0 Å². The van der Waals surface area contributed by atoms with Gasteiger partial charge in [0.1, 0.15) is 5.75 Å². The van der Waals surface area contributed by atoms with Crippen molar-refractivity contribution in [3.8, 4) is 5.75 Å². The highest BCUT2D eigenvalue weighted by Crippen LogP contribution is 2.22. The molecule has 1 aromatic rings. The summed E-state index contributed by atoms with van der Waals surface area (Å²) in [6.07, 6.45) is 2.36. The van der Waals surface area contributed by atoms with E-state index in [1.807, 2.05) is 0 Å². The number of hydrogen-bond acceptors (Lipinski definition) is 5. The van der Waals surface area contributed by atoms with Crippen molar-refractivity contribution in [3.63, 3.8) is 0 Å². The maximum absolute atomic E-state index is 12.0. The molecular weight excluding hydrogens is 266 g/mol. The lowest BCUT2D eigenvalue weighted by Crippen LogP contribution is -2.33. The van der Waals surface area contributed by atoms with Gasteiger partial charge in [0.25, 0.3) is 0 Å². The van der Waals surface area contributed by atoms with E-state index >= 15 is 0 Å². The Hall–Kier alpha value is -1.31. The van der Waals surface area contributed by atoms with Crippen LogP contribution < -0.4 is 10.5 Å². The fourth-order valence-corrected chi connectivity index (χ4v) is 3.18. The molecule has 1 aliphatic rings. The van der Waals surface area contributed by atoms with Crippen molar-refractivity contribution in [1.29, 1.82) is 0 Å². The molecule has 19 heavy (non-hydrogen) atoms. The fraction of sp³-hybridized carbons (Fsp3) is 0.500. The molecule has 1 fully saturated rings. The molecule has 1 heterocycles. The number of rotatable bonds is 5. The van der Waals surface area contributed by atoms with Crippen LogP contribution in [-0.2, 0) is 10.0 Å². The first-order valence-corrected chi connectivity index (χ1v) is 7.78. The topological polar surface area (TPSA) is 95.7 Å². The van der Waals surface area contributed by atoms with E-state index in [-0.39, 0.29) is 16.3 Å². The Balaban J connectivity index is 1.95. The van der Waals surface area contributed by atoms with Crippen LogP contribution >= 0.6 is 0 Å². The molecule has 0 radical (unpaired) electrons. The number of likely N-dealkylation sites (tertiary alicyclic amines) is 1. The average Bonchev–Trinajstić information content (AvgIpc) is 2.85. The highest BCUT2D eigenvalue weighted by molar-refractivity contribution is 7.89. The van der Waals surface area contributed by atoms with Crippen LogP contribution in [0.1, 0.15) is 12.8 Å². The molecule has 0 aliphatic carbocycles. The molecule has 0 saturated carbocycles. The third kappa shape index (κ3) is 3.59. The first kappa shape index (κ1) is 14.1. The molecule has 1 aliphatic heterocycles. The quantitative estimate of drug-likeness (QED) is 0.536. The molecule has 0 unspecified atom stereocenters. The minimum atomic E-state index is -3.56. The van der Waals surface area contributed by atoms with Crippen LogP contribution in [0.25, 0.3) is 0 Å². The van der Waals surface area contributed by atoms with Gasteiger partial charge in [-0.1, -0.05) is 0 Å². The van der Waals surface area contributed by atoms with Crippen LogP contribution in [0.2, 0.25) is 0 Å². The number of nitrogens with two attached hydrogens (primary N) is 1. The molecule has 6 nitrogen and oxygen atoms in total. The zero-order chi connectivity index (χ0) is 13.9. The third-order valence-electron chi connectivity index (χ3n) is 3.23. The number of nitrogens with one attached hydrogen (secondary N) is 1. The highest BCUT2D eigenvalue weighted by atomic mass is 32.2. The lowest BCUT2D eigenvalue weighted by atomic mass is 10.3. The van der Waals surface area contributed by atoms with E-state index in [0.29, 0.717) is 13.1 Å². The fourth-order valence-electron chi connectivity index (χ4n) is 2.13. The molecule has 0 bridgehead atoms. The molecule has 106 valence electrons. The van der Waals surface area contributed by atoms with Crippen LogP contribution in [0.4, 0.5) is 5.69 Å². The number of anilines is 1. The summed E-state index contributed by atoms with van der Waals surface area (Å²) in [6.45, 7) is 3.16. The largest absolute Gasteiger partial charge is 0.506 e. The van der Waals surface area contributed by atoms with E-state index in [2.05, 4.69) is 9.62 Å². The van der Waals surface area contributed by atoms with Crippen molar-refractivity contribution >= 4 is 15.7 Å². The standard InChI is InChI=1S/C12H19N3O3S/c13-11-9-10(3-4-12(11)16)19(17,18)14-5-8-15-6-1-2-7-15/h3-4,9,14,16H,1-2,5-8,13H2. The number of sulfonamides is 1. The molecule has 0 spiro atoms. The third-order valence-corrected chi connectivity index (χ3v) is 4.69. The second kappa shape index (κ2) is 5.77. The monoisotopic (exact) mass is 285 g/mol. The molecule has 7 heteroatoms. The summed E-state index contributed by atoms with van der Waals surface area (Å²) in [6, 6.07) is 3.88. The minimum absolute atomic E-state index is 0.0578. The average molecular weight is 285 g/mol. The van der Waals surface area contributed by atoms with Crippen LogP contribution in [0.5, 0.6) is 5.75 Å². The molecular formula is C12H19N3O3S. The summed E-state index contributed by atoms with van der Waals surface area (Å²) >= 11 is 0. The summed E-state index contributed by atoms with van der Waals surface area (Å²) in [5.41, 5.74) is 5.55. The molecule has 0 amide bonds. The van der Waals surface area contributed by atoms with Crippen molar-refractivity contribution < 1.29 is 13.5 Å². The predicted octanol–water partition coefficient (Wildman–Crippen LogP) is 0.348. The second-order valence-electron chi connectivity index (χ2n) is 4.67. The maximum atomic E-state index is 12.0. The zero-order valence-electron chi connectivity index (χ0n) is 10.7. The first-order chi connectivity index (χ1) is 8.99. The molecule has 0 aromatic heterocycles. The van der Waals surface area contributed by atoms with Crippen molar-refractivity contribution in [2.24, 2.45) is 0 Å². The Bertz CT molecular complexity index is 539. The number of phenols is 1. The van der Waals surface area contributed by atoms with Crippen molar-refractivity contribution in [1.82, 2.24) is 9.62 Å². The Morgan fingerprint density at radius 2 is 2.00 bits per heavy atom. The predicted molar refractivity (Wildman–Crippen MR) is 73.4 cm³/mol. The number of aromatic hydroxyl groups is 1. The summed E-state index contributed by atoms with van der Waals surface area (Å²) in [7, 11) is -3.56. The van der Waals surface area contributed by atoms with Crippen LogP contribution in [0, 0.1) is 0 Å². The normalized spacial score (nSPS) is 16.8. The van der Waals surface area contributed by atoms with Crippen molar-refractivity contribution in [2.75, 3.05) is 31.9 Å². The van der Waals surface area contributed by atoms with Gasteiger partial charge in [0.2, 0.25) is 10.0 Å². The van der Waals surface area contributed by atoms with E-state index in [0.717, 1.165) is 13.1 Å². The SMILES string of the molecule is Nc1cc(S(=O)(=O)NCCN2CCCC2)ccc1O. The van der Waals surface area contributed by atoms with Gasteiger partial charge in [0.15, 0.2) is 0 Å². The van der Waals surface area contributed by atoms with Gasteiger partial charge in [-0.05, 0) is 44.1 Å². The summed E-state index contributed by atoms with van der Waals surface area (Å²) in [5, 5.41) is 9.28. The van der Waals surface area contributed by atoms with Gasteiger partial charge in [-0.3, -0.25) is 0 Å². The molecule has 4 N–H and O–H groups in total. The van der Waals surface area contributed by atoms with E-state index in [4.69, 9.17) is 5.73 Å².